The van der Waals surface area contributed by atoms with Gasteiger partial charge in [0.1, 0.15) is 11.6 Å². The fraction of sp³-hybridized carbons (Fsp3) is 0.130. The van der Waals surface area contributed by atoms with Gasteiger partial charge in [-0.15, -0.1) is 0 Å². The minimum atomic E-state index is -0.407. The lowest BCUT2D eigenvalue weighted by Crippen LogP contribution is -2.34. The van der Waals surface area contributed by atoms with Crippen LogP contribution in [0.4, 0.5) is 14.5 Å². The van der Waals surface area contributed by atoms with Crippen LogP contribution in [0.2, 0.25) is 0 Å². The number of hydrogen-bond donors (Lipinski definition) is 1. The van der Waals surface area contributed by atoms with E-state index in [9.17, 15) is 18.4 Å². The van der Waals surface area contributed by atoms with E-state index >= 15 is 0 Å². The predicted molar refractivity (Wildman–Crippen MR) is 108 cm³/mol. The molecule has 0 heterocycles. The van der Waals surface area contributed by atoms with Gasteiger partial charge in [-0.05, 0) is 67.1 Å². The first-order chi connectivity index (χ1) is 14.0. The smallest absolute Gasteiger partial charge is 0.258 e. The molecule has 29 heavy (non-hydrogen) atoms. The van der Waals surface area contributed by atoms with Gasteiger partial charge in [-0.25, -0.2) is 8.78 Å². The summed E-state index contributed by atoms with van der Waals surface area (Å²) in [5.74, 6) is -1.31. The number of halogens is 2. The third-order valence-corrected chi connectivity index (χ3v) is 4.35. The maximum Gasteiger partial charge on any atom is 0.258 e. The molecular formula is C23H20F2N2O2. The molecule has 148 valence electrons. The Bertz CT molecular complexity index is 958. The number of amides is 2. The maximum atomic E-state index is 13.3. The highest BCUT2D eigenvalue weighted by Gasteiger charge is 2.17. The fourth-order valence-corrected chi connectivity index (χ4v) is 2.85. The Morgan fingerprint density at radius 1 is 0.759 bits per heavy atom. The topological polar surface area (TPSA) is 49.4 Å². The van der Waals surface area contributed by atoms with Crippen LogP contribution in [-0.2, 0) is 0 Å². The second-order valence-electron chi connectivity index (χ2n) is 6.42. The van der Waals surface area contributed by atoms with Crippen molar-refractivity contribution in [3.8, 4) is 0 Å². The molecule has 0 atom stereocenters. The van der Waals surface area contributed by atoms with E-state index in [0.29, 0.717) is 36.3 Å². The molecule has 0 aromatic heterocycles. The van der Waals surface area contributed by atoms with Crippen molar-refractivity contribution in [3.05, 3.63) is 102 Å². The van der Waals surface area contributed by atoms with E-state index in [4.69, 9.17) is 0 Å². The molecule has 0 saturated carbocycles. The van der Waals surface area contributed by atoms with Gasteiger partial charge in [0.2, 0.25) is 0 Å². The van der Waals surface area contributed by atoms with Crippen LogP contribution < -0.4 is 10.2 Å². The highest BCUT2D eigenvalue weighted by molar-refractivity contribution is 6.06. The van der Waals surface area contributed by atoms with Crippen molar-refractivity contribution in [2.45, 2.75) is 6.42 Å². The zero-order chi connectivity index (χ0) is 20.6. The number of nitrogens with zero attached hydrogens (tertiary/aromatic N) is 1. The van der Waals surface area contributed by atoms with Crippen molar-refractivity contribution in [1.29, 1.82) is 0 Å². The lowest BCUT2D eigenvalue weighted by Gasteiger charge is -2.23. The molecule has 0 saturated heterocycles. The van der Waals surface area contributed by atoms with Gasteiger partial charge in [0.25, 0.3) is 11.8 Å². The van der Waals surface area contributed by atoms with Crippen molar-refractivity contribution in [2.75, 3.05) is 18.0 Å². The van der Waals surface area contributed by atoms with Crippen molar-refractivity contribution in [2.24, 2.45) is 0 Å². The minimum absolute atomic E-state index is 0.206. The fourth-order valence-electron chi connectivity index (χ4n) is 2.85. The quantitative estimate of drug-likeness (QED) is 0.603. The Kier molecular flexibility index (Phi) is 6.68. The largest absolute Gasteiger partial charge is 0.352 e. The van der Waals surface area contributed by atoms with Gasteiger partial charge >= 0.3 is 0 Å². The molecule has 6 heteroatoms. The average molecular weight is 394 g/mol. The lowest BCUT2D eigenvalue weighted by molar-refractivity contribution is 0.0953. The van der Waals surface area contributed by atoms with Gasteiger partial charge in [-0.3, -0.25) is 9.59 Å². The standard InChI is InChI=1S/C23H20F2N2O2/c24-19-9-7-17(8-10-19)22(28)26-15-4-16-27(21-13-11-20(25)12-14-21)23(29)18-5-2-1-3-6-18/h1-3,5-14H,4,15-16H2,(H,26,28). The SMILES string of the molecule is O=C(NCCCN(C(=O)c1ccccc1)c1ccc(F)cc1)c1ccc(F)cc1. The Balaban J connectivity index is 1.64. The zero-order valence-electron chi connectivity index (χ0n) is 15.6. The molecule has 0 fully saturated rings. The third-order valence-electron chi connectivity index (χ3n) is 4.35. The summed E-state index contributed by atoms with van der Waals surface area (Å²) in [6, 6.07) is 19.8. The van der Waals surface area contributed by atoms with Crippen LogP contribution in [-0.4, -0.2) is 24.9 Å². The minimum Gasteiger partial charge on any atom is -0.352 e. The monoisotopic (exact) mass is 394 g/mol. The summed E-state index contributed by atoms with van der Waals surface area (Å²) < 4.78 is 26.2. The summed E-state index contributed by atoms with van der Waals surface area (Å²) in [7, 11) is 0. The van der Waals surface area contributed by atoms with E-state index in [1.165, 1.54) is 36.4 Å². The summed E-state index contributed by atoms with van der Waals surface area (Å²) in [5, 5.41) is 2.75. The summed E-state index contributed by atoms with van der Waals surface area (Å²) in [4.78, 5) is 26.6. The van der Waals surface area contributed by atoms with E-state index in [1.807, 2.05) is 6.07 Å². The number of anilines is 1. The molecule has 0 bridgehead atoms. The second kappa shape index (κ2) is 9.59. The first-order valence-electron chi connectivity index (χ1n) is 9.21. The summed E-state index contributed by atoms with van der Waals surface area (Å²) >= 11 is 0. The molecule has 0 spiro atoms. The van der Waals surface area contributed by atoms with Crippen molar-refractivity contribution < 1.29 is 18.4 Å². The van der Waals surface area contributed by atoms with Crippen molar-refractivity contribution in [3.63, 3.8) is 0 Å². The highest BCUT2D eigenvalue weighted by atomic mass is 19.1. The number of benzene rings is 3. The molecule has 0 aliphatic heterocycles. The van der Waals surface area contributed by atoms with Crippen molar-refractivity contribution >= 4 is 17.5 Å². The van der Waals surface area contributed by atoms with Crippen LogP contribution in [0.15, 0.2) is 78.9 Å². The second-order valence-corrected chi connectivity index (χ2v) is 6.42. The Morgan fingerprint density at radius 2 is 1.34 bits per heavy atom. The normalized spacial score (nSPS) is 10.4. The number of hydrogen-bond acceptors (Lipinski definition) is 2. The summed E-state index contributed by atoms with van der Waals surface area (Å²) in [6.45, 7) is 0.666. The number of carbonyl (C=O) groups excluding carboxylic acids is 2. The van der Waals surface area contributed by atoms with Crippen LogP contribution >= 0.6 is 0 Å². The van der Waals surface area contributed by atoms with E-state index in [-0.39, 0.29) is 17.6 Å². The van der Waals surface area contributed by atoms with Gasteiger partial charge in [-0.1, -0.05) is 18.2 Å². The van der Waals surface area contributed by atoms with Gasteiger partial charge < -0.3 is 10.2 Å². The van der Waals surface area contributed by atoms with Gasteiger partial charge in [0, 0.05) is 29.9 Å². The van der Waals surface area contributed by atoms with Crippen LogP contribution in [0.1, 0.15) is 27.1 Å². The Labute approximate surface area is 167 Å². The summed E-state index contributed by atoms with van der Waals surface area (Å²) in [6.07, 6.45) is 0.489. The predicted octanol–water partition coefficient (Wildman–Crippen LogP) is 4.43. The Hall–Kier alpha value is -3.54. The first kappa shape index (κ1) is 20.2. The maximum absolute atomic E-state index is 13.3. The molecule has 0 aliphatic carbocycles. The van der Waals surface area contributed by atoms with Gasteiger partial charge in [0.05, 0.1) is 0 Å². The van der Waals surface area contributed by atoms with E-state index < -0.39 is 5.82 Å². The zero-order valence-corrected chi connectivity index (χ0v) is 15.6. The number of rotatable bonds is 7. The molecule has 3 aromatic carbocycles. The number of nitrogens with one attached hydrogen (secondary N) is 1. The highest BCUT2D eigenvalue weighted by Crippen LogP contribution is 2.18. The van der Waals surface area contributed by atoms with Crippen LogP contribution in [0.25, 0.3) is 0 Å². The molecule has 2 amide bonds. The van der Waals surface area contributed by atoms with E-state index in [2.05, 4.69) is 5.32 Å². The molecule has 1 N–H and O–H groups in total. The molecule has 4 nitrogen and oxygen atoms in total. The van der Waals surface area contributed by atoms with E-state index in [0.717, 1.165) is 0 Å². The molecule has 3 rings (SSSR count). The summed E-state index contributed by atoms with van der Waals surface area (Å²) in [5.41, 5.74) is 1.46. The van der Waals surface area contributed by atoms with Gasteiger partial charge in [-0.2, -0.15) is 0 Å². The van der Waals surface area contributed by atoms with Crippen LogP contribution in [0.5, 0.6) is 0 Å². The third kappa shape index (κ3) is 5.48. The van der Waals surface area contributed by atoms with Crippen LogP contribution in [0, 0.1) is 11.6 Å². The molecule has 0 radical (unpaired) electrons. The molecule has 3 aromatic rings. The Morgan fingerprint density at radius 3 is 1.97 bits per heavy atom. The van der Waals surface area contributed by atoms with Gasteiger partial charge in [0.15, 0.2) is 0 Å². The molecule has 0 unspecified atom stereocenters. The van der Waals surface area contributed by atoms with Crippen molar-refractivity contribution in [1.82, 2.24) is 5.32 Å². The lowest BCUT2D eigenvalue weighted by atomic mass is 10.1. The van der Waals surface area contributed by atoms with E-state index in [1.54, 1.807) is 41.3 Å². The van der Waals surface area contributed by atoms with Crippen LogP contribution in [0.3, 0.4) is 0 Å². The number of carbonyl (C=O) groups is 2. The molecule has 0 aliphatic rings. The average Bonchev–Trinajstić information content (AvgIpc) is 2.75. The first-order valence-corrected chi connectivity index (χ1v) is 9.21. The molecular weight excluding hydrogens is 374 g/mol.